The molecule has 1 spiro atoms. The second-order valence-corrected chi connectivity index (χ2v) is 9.15. The largest absolute Gasteiger partial charge is 0.413 e. The predicted molar refractivity (Wildman–Crippen MR) is 134 cm³/mol. The van der Waals surface area contributed by atoms with Crippen molar-refractivity contribution in [3.05, 3.63) is 94.5 Å². The molecule has 2 aliphatic carbocycles. The van der Waals surface area contributed by atoms with E-state index in [0.29, 0.717) is 34.5 Å². The average molecular weight is 507 g/mol. The van der Waals surface area contributed by atoms with Crippen molar-refractivity contribution in [2.24, 2.45) is 5.73 Å². The van der Waals surface area contributed by atoms with E-state index in [4.69, 9.17) is 11.1 Å². The fourth-order valence-electron chi connectivity index (χ4n) is 4.98. The Morgan fingerprint density at radius 2 is 2.08 bits per heavy atom. The number of fused-ring (bicyclic) bond motifs is 3. The number of amidine groups is 1. The Balaban J connectivity index is 1.51. The number of carbonyl (C=O) groups is 1. The lowest BCUT2D eigenvalue weighted by Crippen LogP contribution is -2.27. The van der Waals surface area contributed by atoms with Gasteiger partial charge in [0, 0.05) is 22.9 Å². The molecule has 2 aromatic heterocycles. The van der Waals surface area contributed by atoms with Gasteiger partial charge in [0.2, 0.25) is 0 Å². The predicted octanol–water partition coefficient (Wildman–Crippen LogP) is 5.19. The third-order valence-corrected chi connectivity index (χ3v) is 6.78. The van der Waals surface area contributed by atoms with Crippen LogP contribution in [0, 0.1) is 5.41 Å². The molecule has 0 saturated carbocycles. The number of nitrogen functional groups attached to an aromatic ring is 1. The number of anilines is 1. The summed E-state index contributed by atoms with van der Waals surface area (Å²) in [5.41, 5.74) is 6.47. The van der Waals surface area contributed by atoms with Crippen LogP contribution in [0.5, 0.6) is 0 Å². The normalized spacial score (nSPS) is 17.9. The minimum absolute atomic E-state index is 0.105. The summed E-state index contributed by atoms with van der Waals surface area (Å²) < 4.78 is 43.1. The average Bonchev–Trinajstić information content (AvgIpc) is 3.29. The van der Waals surface area contributed by atoms with E-state index in [1.807, 2.05) is 0 Å². The van der Waals surface area contributed by atoms with Gasteiger partial charge in [-0.2, -0.15) is 18.3 Å². The molecule has 1 atom stereocenters. The number of benzene rings is 1. The third kappa shape index (κ3) is 4.22. The van der Waals surface area contributed by atoms with E-state index in [1.165, 1.54) is 17.0 Å². The maximum Gasteiger partial charge on any atom is 0.413 e. The summed E-state index contributed by atoms with van der Waals surface area (Å²) >= 11 is 0. The van der Waals surface area contributed by atoms with Gasteiger partial charge in [-0.25, -0.2) is 9.67 Å². The van der Waals surface area contributed by atoms with Gasteiger partial charge in [-0.15, -0.1) is 0 Å². The molecule has 2 heterocycles. The highest BCUT2D eigenvalue weighted by Gasteiger charge is 2.62. The number of nitrogens with two attached hydrogens (primary N) is 1. The summed E-state index contributed by atoms with van der Waals surface area (Å²) in [6.45, 7) is 2.05. The molecule has 1 aromatic carbocycles. The monoisotopic (exact) mass is 506 g/mol. The van der Waals surface area contributed by atoms with Crippen molar-refractivity contribution in [2.75, 3.05) is 5.32 Å². The molecule has 3 aromatic rings. The number of nitrogens with zero attached hydrogens (tertiary/aromatic N) is 3. The number of allylic oxidation sites excluding steroid dienone is 4. The summed E-state index contributed by atoms with van der Waals surface area (Å²) in [6, 6.07) is 10.0. The minimum atomic E-state index is -4.51. The number of pyridine rings is 1. The molecule has 0 aliphatic heterocycles. The smallest absolute Gasteiger partial charge is 0.384 e. The number of aromatic nitrogens is 3. The van der Waals surface area contributed by atoms with Crippen LogP contribution in [0.4, 0.5) is 19.0 Å². The number of halogens is 3. The number of unbranched alkanes of at least 4 members (excludes halogenated alkanes) is 1. The molecule has 10 heteroatoms. The first kappa shape index (κ1) is 24.5. The van der Waals surface area contributed by atoms with Gasteiger partial charge in [0.25, 0.3) is 5.91 Å². The SMILES string of the molecule is CCCCc1cc(C(=O)Nc2nccc3c2C32CC=CC=C2C(F)(F)F)n(-c2cccc(C(=N)N)c2)n1. The Kier molecular flexibility index (Phi) is 5.97. The zero-order valence-electron chi connectivity index (χ0n) is 20.1. The molecule has 190 valence electrons. The fourth-order valence-corrected chi connectivity index (χ4v) is 4.98. The Bertz CT molecular complexity index is 1470. The van der Waals surface area contributed by atoms with Crippen LogP contribution in [-0.2, 0) is 11.8 Å². The van der Waals surface area contributed by atoms with Gasteiger partial charge in [-0.05, 0) is 49.1 Å². The molecule has 5 rings (SSSR count). The first-order valence-electron chi connectivity index (χ1n) is 12.0. The van der Waals surface area contributed by atoms with Crippen molar-refractivity contribution < 1.29 is 18.0 Å². The molecule has 4 N–H and O–H groups in total. The van der Waals surface area contributed by atoms with Crippen LogP contribution < -0.4 is 11.1 Å². The number of aryl methyl sites for hydroxylation is 1. The Hall–Kier alpha value is -4.21. The third-order valence-electron chi connectivity index (χ3n) is 6.78. The number of hydrogen-bond acceptors (Lipinski definition) is 4. The van der Waals surface area contributed by atoms with Gasteiger partial charge in [-0.1, -0.05) is 43.7 Å². The molecule has 37 heavy (non-hydrogen) atoms. The highest BCUT2D eigenvalue weighted by atomic mass is 19.4. The van der Waals surface area contributed by atoms with E-state index in [0.717, 1.165) is 18.9 Å². The van der Waals surface area contributed by atoms with E-state index >= 15 is 0 Å². The van der Waals surface area contributed by atoms with Crippen LogP contribution in [0.1, 0.15) is 59.1 Å². The van der Waals surface area contributed by atoms with Crippen LogP contribution >= 0.6 is 0 Å². The lowest BCUT2D eigenvalue weighted by Gasteiger charge is -2.24. The van der Waals surface area contributed by atoms with Crippen molar-refractivity contribution >= 4 is 17.6 Å². The van der Waals surface area contributed by atoms with Gasteiger partial charge in [0.1, 0.15) is 17.3 Å². The van der Waals surface area contributed by atoms with Gasteiger partial charge in [0.15, 0.2) is 0 Å². The molecular formula is C27H25F3N6O. The Labute approximate surface area is 211 Å². The Morgan fingerprint density at radius 3 is 2.81 bits per heavy atom. The van der Waals surface area contributed by atoms with E-state index < -0.39 is 23.1 Å². The molecular weight excluding hydrogens is 481 g/mol. The molecule has 0 fully saturated rings. The van der Waals surface area contributed by atoms with Crippen LogP contribution in [-0.4, -0.2) is 32.7 Å². The summed E-state index contributed by atoms with van der Waals surface area (Å²) in [6.07, 6.45) is 3.72. The lowest BCUT2D eigenvalue weighted by molar-refractivity contribution is -0.0977. The standard InChI is InChI=1S/C27H25F3N6O/c1-2-3-8-17-15-20(36(35-17)18-9-6-7-16(14-18)23(31)32)25(37)34-24-22-19(11-13-33-24)26(22)12-5-4-10-21(26)27(28,29)30/h4-7,9-11,13-15H,2-3,8,12H2,1H3,(H3,31,32)(H,33,34,37). The van der Waals surface area contributed by atoms with Gasteiger partial charge >= 0.3 is 6.18 Å². The molecule has 1 amide bonds. The number of carbonyl (C=O) groups excluding carboxylic acids is 1. The van der Waals surface area contributed by atoms with Crippen molar-refractivity contribution in [3.8, 4) is 5.69 Å². The number of amides is 1. The number of nitrogens with one attached hydrogen (secondary N) is 2. The Morgan fingerprint density at radius 1 is 1.27 bits per heavy atom. The first-order valence-corrected chi connectivity index (χ1v) is 12.0. The number of rotatable bonds is 7. The molecule has 0 radical (unpaired) electrons. The van der Waals surface area contributed by atoms with Crippen molar-refractivity contribution in [3.63, 3.8) is 0 Å². The molecule has 2 aliphatic rings. The fraction of sp³-hybridized carbons (Fsp3) is 0.259. The topological polar surface area (TPSA) is 110 Å². The van der Waals surface area contributed by atoms with Crippen molar-refractivity contribution in [1.82, 2.24) is 14.8 Å². The van der Waals surface area contributed by atoms with Crippen LogP contribution in [0.2, 0.25) is 0 Å². The van der Waals surface area contributed by atoms with Crippen LogP contribution in [0.3, 0.4) is 0 Å². The first-order chi connectivity index (χ1) is 17.7. The second-order valence-electron chi connectivity index (χ2n) is 9.15. The van der Waals surface area contributed by atoms with E-state index in [9.17, 15) is 18.0 Å². The van der Waals surface area contributed by atoms with Gasteiger partial charge in [-0.3, -0.25) is 10.2 Å². The molecule has 0 saturated heterocycles. The minimum Gasteiger partial charge on any atom is -0.384 e. The maximum absolute atomic E-state index is 13.9. The zero-order valence-corrected chi connectivity index (χ0v) is 20.1. The van der Waals surface area contributed by atoms with Crippen molar-refractivity contribution in [2.45, 2.75) is 44.2 Å². The summed E-state index contributed by atoms with van der Waals surface area (Å²) in [5, 5.41) is 15.1. The maximum atomic E-state index is 13.9. The van der Waals surface area contributed by atoms with Crippen molar-refractivity contribution in [1.29, 1.82) is 5.41 Å². The van der Waals surface area contributed by atoms with E-state index in [-0.39, 0.29) is 23.8 Å². The van der Waals surface area contributed by atoms with Gasteiger partial charge in [0.05, 0.1) is 16.8 Å². The molecule has 1 unspecified atom stereocenters. The molecule has 0 bridgehead atoms. The zero-order chi connectivity index (χ0) is 26.4. The van der Waals surface area contributed by atoms with Crippen LogP contribution in [0.25, 0.3) is 5.69 Å². The lowest BCUT2D eigenvalue weighted by atomic mass is 9.83. The van der Waals surface area contributed by atoms with E-state index in [1.54, 1.807) is 42.5 Å². The molecule has 7 nitrogen and oxygen atoms in total. The highest BCUT2D eigenvalue weighted by molar-refractivity contribution is 6.04. The highest BCUT2D eigenvalue weighted by Crippen LogP contribution is 2.64. The van der Waals surface area contributed by atoms with Crippen LogP contribution in [0.15, 0.2) is 66.4 Å². The summed E-state index contributed by atoms with van der Waals surface area (Å²) in [4.78, 5) is 17.7. The quantitative estimate of drug-likeness (QED) is 0.302. The number of alkyl halides is 3. The second kappa shape index (κ2) is 9.02. The summed E-state index contributed by atoms with van der Waals surface area (Å²) in [7, 11) is 0. The van der Waals surface area contributed by atoms with E-state index in [2.05, 4.69) is 22.3 Å². The number of hydrogen-bond donors (Lipinski definition) is 3. The van der Waals surface area contributed by atoms with Gasteiger partial charge < -0.3 is 11.1 Å². The summed E-state index contributed by atoms with van der Waals surface area (Å²) in [5.74, 6) is -0.563.